The van der Waals surface area contributed by atoms with Crippen LogP contribution >= 0.6 is 0 Å². The molecule has 2 aromatic rings. The number of methoxy groups -OCH3 is 1. The van der Waals surface area contributed by atoms with Crippen molar-refractivity contribution in [3.8, 4) is 5.75 Å². The highest BCUT2D eigenvalue weighted by molar-refractivity contribution is 5.76. The number of likely N-dealkylation sites (tertiary alicyclic amines) is 1. The predicted octanol–water partition coefficient (Wildman–Crippen LogP) is 5.24. The molecular formula is C29H40N2O4. The summed E-state index contributed by atoms with van der Waals surface area (Å²) in [6.45, 7) is 2.52. The Labute approximate surface area is 209 Å². The highest BCUT2D eigenvalue weighted by atomic mass is 16.5. The lowest BCUT2D eigenvalue weighted by atomic mass is 9.95. The van der Waals surface area contributed by atoms with E-state index in [0.717, 1.165) is 44.3 Å². The molecule has 35 heavy (non-hydrogen) atoms. The minimum Gasteiger partial charge on any atom is -0.491 e. The van der Waals surface area contributed by atoms with Gasteiger partial charge < -0.3 is 14.6 Å². The zero-order valence-electron chi connectivity index (χ0n) is 21.1. The number of benzene rings is 1. The van der Waals surface area contributed by atoms with E-state index in [1.54, 1.807) is 7.11 Å². The second kappa shape index (κ2) is 13.0. The molecule has 2 atom stereocenters. The molecule has 0 radical (unpaired) electrons. The summed E-state index contributed by atoms with van der Waals surface area (Å²) in [6, 6.07) is 11.4. The van der Waals surface area contributed by atoms with Crippen LogP contribution < -0.4 is 4.74 Å². The number of carboxylic acid groups (broad SMARTS) is 1. The lowest BCUT2D eigenvalue weighted by Gasteiger charge is -2.26. The number of ether oxygens (including phenoxy) is 2. The quantitative estimate of drug-likeness (QED) is 0.396. The number of pyridine rings is 1. The van der Waals surface area contributed by atoms with E-state index in [-0.39, 0.29) is 0 Å². The number of hydrogen-bond acceptors (Lipinski definition) is 5. The summed E-state index contributed by atoms with van der Waals surface area (Å²) in [6.07, 6.45) is 11.8. The van der Waals surface area contributed by atoms with Crippen molar-refractivity contribution in [2.24, 2.45) is 5.92 Å². The van der Waals surface area contributed by atoms with Gasteiger partial charge in [-0.25, -0.2) is 0 Å². The molecule has 1 aromatic heterocycles. The number of unbranched alkanes of at least 4 members (excludes halogenated alkanes) is 2. The number of aromatic nitrogens is 1. The smallest absolute Gasteiger partial charge is 0.325 e. The van der Waals surface area contributed by atoms with Gasteiger partial charge in [-0.2, -0.15) is 0 Å². The predicted molar refractivity (Wildman–Crippen MR) is 137 cm³/mol. The summed E-state index contributed by atoms with van der Waals surface area (Å²) < 4.78 is 10.9. The molecule has 1 saturated heterocycles. The van der Waals surface area contributed by atoms with Gasteiger partial charge in [0.1, 0.15) is 18.4 Å². The third-order valence-corrected chi connectivity index (χ3v) is 7.46. The maximum Gasteiger partial charge on any atom is 0.325 e. The van der Waals surface area contributed by atoms with E-state index in [4.69, 9.17) is 14.5 Å². The molecule has 0 amide bonds. The standard InChI is InChI=1S/C29H40N2O4/c1-34-19-20-35-27-14-8-6-12-25(27)28(29(32)33)31-18-17-22(21-31)9-3-2-4-11-24-16-15-23-10-5-7-13-26(23)30-24/h6,8,12,14-16,22,28H,2-5,7,9-11,13,17-21H2,1H3,(H,32,33)/t22-,28?/m1/s1. The molecule has 2 heterocycles. The molecular weight excluding hydrogens is 440 g/mol. The Morgan fingerprint density at radius 1 is 1.11 bits per heavy atom. The molecule has 1 aliphatic heterocycles. The summed E-state index contributed by atoms with van der Waals surface area (Å²) in [5.74, 6) is 0.377. The third-order valence-electron chi connectivity index (χ3n) is 7.46. The van der Waals surface area contributed by atoms with Crippen molar-refractivity contribution >= 4 is 5.97 Å². The van der Waals surface area contributed by atoms with E-state index in [1.165, 1.54) is 55.5 Å². The Hall–Kier alpha value is -2.44. The summed E-state index contributed by atoms with van der Waals surface area (Å²) in [5.41, 5.74) is 4.76. The van der Waals surface area contributed by atoms with Crippen molar-refractivity contribution < 1.29 is 19.4 Å². The van der Waals surface area contributed by atoms with Crippen LogP contribution in [-0.4, -0.2) is 54.4 Å². The number of fused-ring (bicyclic) bond motifs is 1. The van der Waals surface area contributed by atoms with Crippen LogP contribution in [0.15, 0.2) is 36.4 Å². The Balaban J connectivity index is 1.23. The number of nitrogens with zero attached hydrogens (tertiary/aromatic N) is 2. The van der Waals surface area contributed by atoms with Gasteiger partial charge in [0.15, 0.2) is 0 Å². The zero-order chi connectivity index (χ0) is 24.5. The van der Waals surface area contributed by atoms with Crippen LogP contribution in [0.4, 0.5) is 0 Å². The van der Waals surface area contributed by atoms with Crippen LogP contribution in [0.5, 0.6) is 5.75 Å². The van der Waals surface area contributed by atoms with Crippen molar-refractivity contribution in [1.29, 1.82) is 0 Å². The van der Waals surface area contributed by atoms with E-state index in [9.17, 15) is 9.90 Å². The molecule has 4 rings (SSSR count). The van der Waals surface area contributed by atoms with Gasteiger partial charge in [0.2, 0.25) is 0 Å². The monoisotopic (exact) mass is 480 g/mol. The molecule has 190 valence electrons. The Kier molecular flexibility index (Phi) is 9.55. The van der Waals surface area contributed by atoms with Gasteiger partial charge in [0.05, 0.1) is 6.61 Å². The van der Waals surface area contributed by atoms with Gasteiger partial charge in [-0.05, 0) is 81.5 Å². The number of para-hydroxylation sites is 1. The summed E-state index contributed by atoms with van der Waals surface area (Å²) >= 11 is 0. The molecule has 1 fully saturated rings. The summed E-state index contributed by atoms with van der Waals surface area (Å²) in [5, 5.41) is 10.1. The Morgan fingerprint density at radius 3 is 2.83 bits per heavy atom. The summed E-state index contributed by atoms with van der Waals surface area (Å²) in [4.78, 5) is 19.3. The lowest BCUT2D eigenvalue weighted by molar-refractivity contribution is -0.143. The second-order valence-electron chi connectivity index (χ2n) is 9.98. The summed E-state index contributed by atoms with van der Waals surface area (Å²) in [7, 11) is 1.63. The normalized spacial score (nSPS) is 18.8. The number of rotatable bonds is 13. The Morgan fingerprint density at radius 2 is 1.97 bits per heavy atom. The first-order valence-electron chi connectivity index (χ1n) is 13.3. The minimum atomic E-state index is -0.814. The van der Waals surface area contributed by atoms with Crippen molar-refractivity contribution in [3.05, 3.63) is 58.9 Å². The first kappa shape index (κ1) is 25.6. The molecule has 1 unspecified atom stereocenters. The van der Waals surface area contributed by atoms with Crippen LogP contribution in [0.25, 0.3) is 0 Å². The average Bonchev–Trinajstić information content (AvgIpc) is 3.33. The fraction of sp³-hybridized carbons (Fsp3) is 0.586. The van der Waals surface area contributed by atoms with Crippen molar-refractivity contribution in [2.75, 3.05) is 33.4 Å². The molecule has 2 aliphatic rings. The van der Waals surface area contributed by atoms with Crippen molar-refractivity contribution in [1.82, 2.24) is 9.88 Å². The first-order chi connectivity index (χ1) is 17.2. The number of aliphatic carboxylic acids is 1. The van der Waals surface area contributed by atoms with Crippen LogP contribution in [-0.2, 0) is 28.8 Å². The zero-order valence-corrected chi connectivity index (χ0v) is 21.1. The first-order valence-corrected chi connectivity index (χ1v) is 13.3. The molecule has 1 aromatic carbocycles. The number of carbonyl (C=O) groups is 1. The van der Waals surface area contributed by atoms with Crippen LogP contribution in [0.3, 0.4) is 0 Å². The highest BCUT2D eigenvalue weighted by Gasteiger charge is 2.35. The second-order valence-corrected chi connectivity index (χ2v) is 9.98. The van der Waals surface area contributed by atoms with Gasteiger partial charge in [-0.1, -0.05) is 37.1 Å². The van der Waals surface area contributed by atoms with E-state index in [0.29, 0.717) is 24.9 Å². The van der Waals surface area contributed by atoms with Crippen molar-refractivity contribution in [2.45, 2.75) is 70.3 Å². The van der Waals surface area contributed by atoms with Gasteiger partial charge >= 0.3 is 5.97 Å². The van der Waals surface area contributed by atoms with E-state index in [1.807, 2.05) is 24.3 Å². The fourth-order valence-corrected chi connectivity index (χ4v) is 5.57. The van der Waals surface area contributed by atoms with E-state index in [2.05, 4.69) is 17.0 Å². The SMILES string of the molecule is COCCOc1ccccc1C(C(=O)O)N1CC[C@@H](CCCCCc2ccc3c(n2)CCCC3)C1. The minimum absolute atomic E-state index is 0.406. The van der Waals surface area contributed by atoms with Gasteiger partial charge in [0.25, 0.3) is 0 Å². The van der Waals surface area contributed by atoms with Crippen LogP contribution in [0, 0.1) is 5.92 Å². The molecule has 0 bridgehead atoms. The average molecular weight is 481 g/mol. The van der Waals surface area contributed by atoms with Crippen molar-refractivity contribution in [3.63, 3.8) is 0 Å². The number of carboxylic acids is 1. The highest BCUT2D eigenvalue weighted by Crippen LogP contribution is 2.34. The van der Waals surface area contributed by atoms with E-state index >= 15 is 0 Å². The largest absolute Gasteiger partial charge is 0.491 e. The number of aryl methyl sites for hydroxylation is 3. The topological polar surface area (TPSA) is 71.9 Å². The van der Waals surface area contributed by atoms with E-state index < -0.39 is 12.0 Å². The van der Waals surface area contributed by atoms with Gasteiger partial charge in [0, 0.05) is 30.6 Å². The molecule has 1 N–H and O–H groups in total. The third kappa shape index (κ3) is 7.05. The molecule has 6 heteroatoms. The van der Waals surface area contributed by atoms with Crippen LogP contribution in [0.1, 0.15) is 73.5 Å². The maximum absolute atomic E-state index is 12.3. The molecule has 0 spiro atoms. The fourth-order valence-electron chi connectivity index (χ4n) is 5.57. The molecule has 1 aliphatic carbocycles. The molecule has 6 nitrogen and oxygen atoms in total. The van der Waals surface area contributed by atoms with Gasteiger partial charge in [-0.15, -0.1) is 0 Å². The Bertz CT molecular complexity index is 963. The number of hydrogen-bond donors (Lipinski definition) is 1. The lowest BCUT2D eigenvalue weighted by Crippen LogP contribution is -2.33. The molecule has 0 saturated carbocycles. The maximum atomic E-state index is 12.3. The van der Waals surface area contributed by atoms with Crippen LogP contribution in [0.2, 0.25) is 0 Å². The van der Waals surface area contributed by atoms with Gasteiger partial charge in [-0.3, -0.25) is 14.7 Å².